The number of rotatable bonds is 3. The summed E-state index contributed by atoms with van der Waals surface area (Å²) in [7, 11) is 0. The zero-order chi connectivity index (χ0) is 13.2. The van der Waals surface area contributed by atoms with E-state index in [1.807, 2.05) is 30.3 Å². The second-order valence-electron chi connectivity index (χ2n) is 4.58. The first-order valence-electron chi connectivity index (χ1n) is 6.19. The third kappa shape index (κ3) is 2.56. The number of thiophene rings is 1. The van der Waals surface area contributed by atoms with Gasteiger partial charge in [-0.2, -0.15) is 0 Å². The van der Waals surface area contributed by atoms with E-state index in [-0.39, 0.29) is 0 Å². The second kappa shape index (κ2) is 4.94. The van der Waals surface area contributed by atoms with E-state index in [1.165, 1.54) is 15.1 Å². The van der Waals surface area contributed by atoms with Crippen molar-refractivity contribution in [1.82, 2.24) is 0 Å². The van der Waals surface area contributed by atoms with Gasteiger partial charge in [-0.05, 0) is 42.8 Å². The number of hydrogen-bond donors (Lipinski definition) is 1. The molecule has 1 aromatic heterocycles. The average Bonchev–Trinajstić information content (AvgIpc) is 2.81. The monoisotopic (exact) mass is 269 g/mol. The van der Waals surface area contributed by atoms with Gasteiger partial charge in [0.05, 0.1) is 0 Å². The zero-order valence-corrected chi connectivity index (χ0v) is 11.5. The standard InChI is InChI=1S/C16H15NOS/c1-11-4-2-5-12(8-11)18-10-13-9-14-15(17)6-3-7-16(14)19-13/h2-9H,10,17H2,1H3. The van der Waals surface area contributed by atoms with Gasteiger partial charge in [-0.1, -0.05) is 18.2 Å². The van der Waals surface area contributed by atoms with Gasteiger partial charge in [-0.3, -0.25) is 0 Å². The minimum atomic E-state index is 0.586. The molecular weight excluding hydrogens is 254 g/mol. The Morgan fingerprint density at radius 2 is 1.95 bits per heavy atom. The highest BCUT2D eigenvalue weighted by Crippen LogP contribution is 2.30. The molecule has 0 radical (unpaired) electrons. The van der Waals surface area contributed by atoms with E-state index in [1.54, 1.807) is 11.3 Å². The Kier molecular flexibility index (Phi) is 3.13. The van der Waals surface area contributed by atoms with Crippen LogP contribution in [-0.2, 0) is 6.61 Å². The molecule has 0 fully saturated rings. The zero-order valence-electron chi connectivity index (χ0n) is 10.7. The summed E-state index contributed by atoms with van der Waals surface area (Å²) in [6.07, 6.45) is 0. The van der Waals surface area contributed by atoms with Crippen LogP contribution in [0, 0.1) is 6.92 Å². The molecule has 0 unspecified atom stereocenters. The number of hydrogen-bond acceptors (Lipinski definition) is 3. The third-order valence-electron chi connectivity index (χ3n) is 3.02. The van der Waals surface area contributed by atoms with Crippen molar-refractivity contribution < 1.29 is 4.74 Å². The maximum Gasteiger partial charge on any atom is 0.122 e. The summed E-state index contributed by atoms with van der Waals surface area (Å²) >= 11 is 1.73. The van der Waals surface area contributed by atoms with Crippen molar-refractivity contribution in [2.45, 2.75) is 13.5 Å². The molecule has 0 saturated carbocycles. The first-order valence-corrected chi connectivity index (χ1v) is 7.00. The molecule has 0 atom stereocenters. The third-order valence-corrected chi connectivity index (χ3v) is 4.09. The highest BCUT2D eigenvalue weighted by molar-refractivity contribution is 7.19. The fourth-order valence-electron chi connectivity index (χ4n) is 2.07. The highest BCUT2D eigenvalue weighted by Gasteiger charge is 2.05. The predicted octanol–water partition coefficient (Wildman–Crippen LogP) is 4.37. The Morgan fingerprint density at radius 1 is 1.11 bits per heavy atom. The van der Waals surface area contributed by atoms with Crippen LogP contribution in [0.1, 0.15) is 10.4 Å². The molecule has 0 aliphatic rings. The van der Waals surface area contributed by atoms with Gasteiger partial charge in [0, 0.05) is 20.7 Å². The lowest BCUT2D eigenvalue weighted by Gasteiger charge is -2.04. The smallest absolute Gasteiger partial charge is 0.122 e. The summed E-state index contributed by atoms with van der Waals surface area (Å²) in [4.78, 5) is 1.19. The van der Waals surface area contributed by atoms with Crippen LogP contribution in [0.3, 0.4) is 0 Å². The molecule has 19 heavy (non-hydrogen) atoms. The average molecular weight is 269 g/mol. The number of fused-ring (bicyclic) bond motifs is 1. The van der Waals surface area contributed by atoms with E-state index in [9.17, 15) is 0 Å². The van der Waals surface area contributed by atoms with Gasteiger partial charge in [0.2, 0.25) is 0 Å². The van der Waals surface area contributed by atoms with E-state index >= 15 is 0 Å². The molecule has 0 spiro atoms. The van der Waals surface area contributed by atoms with E-state index in [0.29, 0.717) is 6.61 Å². The Hall–Kier alpha value is -2.00. The van der Waals surface area contributed by atoms with Crippen molar-refractivity contribution in [1.29, 1.82) is 0 Å². The van der Waals surface area contributed by atoms with E-state index < -0.39 is 0 Å². The lowest BCUT2D eigenvalue weighted by atomic mass is 10.2. The summed E-state index contributed by atoms with van der Waals surface area (Å²) in [6, 6.07) is 16.2. The first kappa shape index (κ1) is 12.1. The first-order chi connectivity index (χ1) is 9.22. The topological polar surface area (TPSA) is 35.2 Å². The van der Waals surface area contributed by atoms with E-state index in [0.717, 1.165) is 16.8 Å². The van der Waals surface area contributed by atoms with Crippen LogP contribution in [0.5, 0.6) is 5.75 Å². The van der Waals surface area contributed by atoms with Crippen LogP contribution in [0.4, 0.5) is 5.69 Å². The molecule has 2 N–H and O–H groups in total. The van der Waals surface area contributed by atoms with Gasteiger partial charge < -0.3 is 10.5 Å². The Morgan fingerprint density at radius 3 is 2.74 bits per heavy atom. The van der Waals surface area contributed by atoms with Crippen LogP contribution in [0.2, 0.25) is 0 Å². The second-order valence-corrected chi connectivity index (χ2v) is 5.75. The number of nitrogens with two attached hydrogens (primary N) is 1. The lowest BCUT2D eigenvalue weighted by molar-refractivity contribution is 0.309. The van der Waals surface area contributed by atoms with Gasteiger partial charge in [-0.25, -0.2) is 0 Å². The van der Waals surface area contributed by atoms with Crippen LogP contribution in [0.25, 0.3) is 10.1 Å². The van der Waals surface area contributed by atoms with E-state index in [2.05, 4.69) is 25.1 Å². The molecule has 0 amide bonds. The quantitative estimate of drug-likeness (QED) is 0.716. The molecule has 0 aliphatic heterocycles. The molecule has 3 heteroatoms. The highest BCUT2D eigenvalue weighted by atomic mass is 32.1. The number of benzene rings is 2. The van der Waals surface area contributed by atoms with Crippen molar-refractivity contribution in [2.24, 2.45) is 0 Å². The maximum absolute atomic E-state index is 5.96. The van der Waals surface area contributed by atoms with Crippen molar-refractivity contribution in [3.05, 3.63) is 59.0 Å². The van der Waals surface area contributed by atoms with Crippen molar-refractivity contribution in [3.63, 3.8) is 0 Å². The number of ether oxygens (including phenoxy) is 1. The molecule has 0 bridgehead atoms. The molecular formula is C16H15NOS. The minimum absolute atomic E-state index is 0.586. The van der Waals surface area contributed by atoms with E-state index in [4.69, 9.17) is 10.5 Å². The summed E-state index contributed by atoms with van der Waals surface area (Å²) in [5.41, 5.74) is 8.00. The lowest BCUT2D eigenvalue weighted by Crippen LogP contribution is -1.92. The number of anilines is 1. The van der Waals surface area contributed by atoms with Crippen LogP contribution in [-0.4, -0.2) is 0 Å². The summed E-state index contributed by atoms with van der Waals surface area (Å²) in [5.74, 6) is 0.908. The Balaban J connectivity index is 1.80. The van der Waals surface area contributed by atoms with Gasteiger partial charge in [-0.15, -0.1) is 11.3 Å². The molecule has 0 aliphatic carbocycles. The Labute approximate surface area is 116 Å². The van der Waals surface area contributed by atoms with Gasteiger partial charge in [0.15, 0.2) is 0 Å². The van der Waals surface area contributed by atoms with Crippen molar-refractivity contribution in [3.8, 4) is 5.75 Å². The number of aryl methyl sites for hydroxylation is 1. The fraction of sp³-hybridized carbons (Fsp3) is 0.125. The molecule has 2 aromatic carbocycles. The van der Waals surface area contributed by atoms with Crippen LogP contribution >= 0.6 is 11.3 Å². The Bertz CT molecular complexity index is 718. The molecule has 1 heterocycles. The molecule has 0 saturated heterocycles. The van der Waals surface area contributed by atoms with Gasteiger partial charge >= 0.3 is 0 Å². The summed E-state index contributed by atoms with van der Waals surface area (Å²) < 4.78 is 7.02. The SMILES string of the molecule is Cc1cccc(OCc2cc3c(N)cccc3s2)c1. The predicted molar refractivity (Wildman–Crippen MR) is 81.7 cm³/mol. The largest absolute Gasteiger partial charge is 0.488 e. The van der Waals surface area contributed by atoms with Crippen LogP contribution in [0.15, 0.2) is 48.5 Å². The van der Waals surface area contributed by atoms with Gasteiger partial charge in [0.1, 0.15) is 12.4 Å². The minimum Gasteiger partial charge on any atom is -0.488 e. The maximum atomic E-state index is 5.96. The molecule has 3 aromatic rings. The van der Waals surface area contributed by atoms with Crippen molar-refractivity contribution >= 4 is 27.1 Å². The van der Waals surface area contributed by atoms with Crippen molar-refractivity contribution in [2.75, 3.05) is 5.73 Å². The molecule has 96 valence electrons. The molecule has 2 nitrogen and oxygen atoms in total. The summed E-state index contributed by atoms with van der Waals surface area (Å²) in [5, 5.41) is 1.12. The fourth-order valence-corrected chi connectivity index (χ4v) is 3.08. The molecule has 3 rings (SSSR count). The number of nitrogen functional groups attached to an aromatic ring is 1. The normalized spacial score (nSPS) is 10.8. The summed E-state index contributed by atoms with van der Waals surface area (Å²) in [6.45, 7) is 2.65. The van der Waals surface area contributed by atoms with Gasteiger partial charge in [0.25, 0.3) is 0 Å². The van der Waals surface area contributed by atoms with Crippen LogP contribution < -0.4 is 10.5 Å².